The van der Waals surface area contributed by atoms with Crippen molar-refractivity contribution in [1.29, 1.82) is 0 Å². The standard InChI is InChI=1S/C20H21BrN2O2/c1-3-23(4-2)20(25)18(14-15-10-6-5-7-11-15)22-19(24)16-12-8-9-13-17(16)21/h5-14H,3-4H2,1-2H3,(H,22,24). The Kier molecular flexibility index (Phi) is 6.95. The lowest BCUT2D eigenvalue weighted by atomic mass is 10.1. The van der Waals surface area contributed by atoms with E-state index in [-0.39, 0.29) is 17.5 Å². The number of nitrogens with one attached hydrogen (secondary N) is 1. The van der Waals surface area contributed by atoms with E-state index in [1.165, 1.54) is 0 Å². The van der Waals surface area contributed by atoms with Crippen LogP contribution in [0, 0.1) is 0 Å². The molecule has 0 aliphatic carbocycles. The zero-order valence-electron chi connectivity index (χ0n) is 14.3. The minimum absolute atomic E-state index is 0.200. The first-order valence-electron chi connectivity index (χ1n) is 8.18. The Morgan fingerprint density at radius 2 is 1.60 bits per heavy atom. The van der Waals surface area contributed by atoms with Crippen molar-refractivity contribution < 1.29 is 9.59 Å². The summed E-state index contributed by atoms with van der Waals surface area (Å²) in [6.07, 6.45) is 1.70. The second-order valence-corrected chi connectivity index (χ2v) is 6.23. The van der Waals surface area contributed by atoms with Crippen LogP contribution < -0.4 is 5.32 Å². The SMILES string of the molecule is CCN(CC)C(=O)C(=Cc1ccccc1)NC(=O)c1ccccc1Br. The summed E-state index contributed by atoms with van der Waals surface area (Å²) in [7, 11) is 0. The summed E-state index contributed by atoms with van der Waals surface area (Å²) in [5.41, 5.74) is 1.59. The van der Waals surface area contributed by atoms with Crippen molar-refractivity contribution in [2.45, 2.75) is 13.8 Å². The number of hydrogen-bond acceptors (Lipinski definition) is 2. The van der Waals surface area contributed by atoms with E-state index < -0.39 is 0 Å². The van der Waals surface area contributed by atoms with E-state index in [0.717, 1.165) is 5.56 Å². The normalized spacial score (nSPS) is 11.1. The van der Waals surface area contributed by atoms with E-state index >= 15 is 0 Å². The minimum Gasteiger partial charge on any atom is -0.338 e. The summed E-state index contributed by atoms with van der Waals surface area (Å²) < 4.78 is 0.682. The molecule has 0 saturated carbocycles. The molecule has 130 valence electrons. The Hall–Kier alpha value is -2.40. The number of likely N-dealkylation sites (N-methyl/N-ethyl adjacent to an activating group) is 1. The molecule has 2 rings (SSSR count). The molecule has 0 fully saturated rings. The number of nitrogens with zero attached hydrogens (tertiary/aromatic N) is 1. The molecule has 0 bridgehead atoms. The zero-order chi connectivity index (χ0) is 18.2. The van der Waals surface area contributed by atoms with E-state index in [1.54, 1.807) is 29.2 Å². The highest BCUT2D eigenvalue weighted by molar-refractivity contribution is 9.10. The monoisotopic (exact) mass is 400 g/mol. The largest absolute Gasteiger partial charge is 0.338 e. The van der Waals surface area contributed by atoms with Gasteiger partial charge in [-0.15, -0.1) is 0 Å². The molecular formula is C20H21BrN2O2. The third kappa shape index (κ3) is 5.03. The van der Waals surface area contributed by atoms with Gasteiger partial charge in [0.1, 0.15) is 5.70 Å². The van der Waals surface area contributed by atoms with Gasteiger partial charge in [-0.05, 0) is 53.5 Å². The fourth-order valence-electron chi connectivity index (χ4n) is 2.38. The molecular weight excluding hydrogens is 380 g/mol. The fraction of sp³-hybridized carbons (Fsp3) is 0.200. The Morgan fingerprint density at radius 1 is 1.00 bits per heavy atom. The van der Waals surface area contributed by atoms with Crippen LogP contribution in [0.4, 0.5) is 0 Å². The van der Waals surface area contributed by atoms with Gasteiger partial charge in [0.05, 0.1) is 5.56 Å². The third-order valence-corrected chi connectivity index (χ3v) is 4.45. The topological polar surface area (TPSA) is 49.4 Å². The predicted molar refractivity (Wildman–Crippen MR) is 104 cm³/mol. The molecule has 25 heavy (non-hydrogen) atoms. The van der Waals surface area contributed by atoms with Gasteiger partial charge in [0, 0.05) is 17.6 Å². The third-order valence-electron chi connectivity index (χ3n) is 3.76. The van der Waals surface area contributed by atoms with E-state index in [4.69, 9.17) is 0 Å². The number of carbonyl (C=O) groups excluding carboxylic acids is 2. The van der Waals surface area contributed by atoms with Crippen molar-refractivity contribution in [3.63, 3.8) is 0 Å². The summed E-state index contributed by atoms with van der Waals surface area (Å²) in [5.74, 6) is -0.524. The molecule has 2 aromatic rings. The van der Waals surface area contributed by atoms with Crippen molar-refractivity contribution in [2.24, 2.45) is 0 Å². The summed E-state index contributed by atoms with van der Waals surface area (Å²) in [5, 5.41) is 2.77. The summed E-state index contributed by atoms with van der Waals surface area (Å²) >= 11 is 3.37. The highest BCUT2D eigenvalue weighted by atomic mass is 79.9. The minimum atomic E-state index is -0.324. The molecule has 2 aromatic carbocycles. The number of rotatable bonds is 6. The maximum absolute atomic E-state index is 12.8. The Bertz CT molecular complexity index is 768. The average molecular weight is 401 g/mol. The van der Waals surface area contributed by atoms with Crippen LogP contribution >= 0.6 is 15.9 Å². The summed E-state index contributed by atoms with van der Waals surface area (Å²) in [6.45, 7) is 4.98. The van der Waals surface area contributed by atoms with Crippen molar-refractivity contribution >= 4 is 33.8 Å². The molecule has 0 aliphatic rings. The summed E-state index contributed by atoms with van der Waals surface area (Å²) in [4.78, 5) is 27.1. The van der Waals surface area contributed by atoms with Crippen molar-refractivity contribution in [3.05, 3.63) is 75.9 Å². The van der Waals surface area contributed by atoms with Gasteiger partial charge in [-0.3, -0.25) is 9.59 Å². The van der Waals surface area contributed by atoms with Crippen molar-refractivity contribution in [1.82, 2.24) is 10.2 Å². The molecule has 0 aromatic heterocycles. The highest BCUT2D eigenvalue weighted by Gasteiger charge is 2.19. The van der Waals surface area contributed by atoms with Gasteiger partial charge in [-0.2, -0.15) is 0 Å². The van der Waals surface area contributed by atoms with Gasteiger partial charge in [0.2, 0.25) is 0 Å². The van der Waals surface area contributed by atoms with Gasteiger partial charge in [0.15, 0.2) is 0 Å². The van der Waals surface area contributed by atoms with Crippen LogP contribution in [0.2, 0.25) is 0 Å². The molecule has 1 N–H and O–H groups in total. The smallest absolute Gasteiger partial charge is 0.270 e. The maximum atomic E-state index is 12.8. The van der Waals surface area contributed by atoms with Crippen LogP contribution in [-0.4, -0.2) is 29.8 Å². The second-order valence-electron chi connectivity index (χ2n) is 5.38. The Morgan fingerprint density at radius 3 is 2.20 bits per heavy atom. The lowest BCUT2D eigenvalue weighted by molar-refractivity contribution is -0.127. The Labute approximate surface area is 156 Å². The fourth-order valence-corrected chi connectivity index (χ4v) is 2.85. The predicted octanol–water partition coefficient (Wildman–Crippen LogP) is 4.09. The molecule has 0 saturated heterocycles. The van der Waals surface area contributed by atoms with Crippen LogP contribution in [0.3, 0.4) is 0 Å². The van der Waals surface area contributed by atoms with Gasteiger partial charge >= 0.3 is 0 Å². The van der Waals surface area contributed by atoms with Gasteiger partial charge in [-0.1, -0.05) is 42.5 Å². The molecule has 0 unspecified atom stereocenters. The first kappa shape index (κ1) is 18.9. The highest BCUT2D eigenvalue weighted by Crippen LogP contribution is 2.17. The van der Waals surface area contributed by atoms with Crippen LogP contribution in [-0.2, 0) is 4.79 Å². The molecule has 0 aliphatic heterocycles. The number of halogens is 1. The van der Waals surface area contributed by atoms with E-state index in [1.807, 2.05) is 50.2 Å². The van der Waals surface area contributed by atoms with Crippen molar-refractivity contribution in [3.8, 4) is 0 Å². The second kappa shape index (κ2) is 9.18. The molecule has 0 spiro atoms. The number of benzene rings is 2. The van der Waals surface area contributed by atoms with Crippen LogP contribution in [0.1, 0.15) is 29.8 Å². The molecule has 4 nitrogen and oxygen atoms in total. The lowest BCUT2D eigenvalue weighted by Crippen LogP contribution is -2.38. The van der Waals surface area contributed by atoms with Gasteiger partial charge in [0.25, 0.3) is 11.8 Å². The first-order valence-corrected chi connectivity index (χ1v) is 8.98. The maximum Gasteiger partial charge on any atom is 0.270 e. The van der Waals surface area contributed by atoms with Gasteiger partial charge in [-0.25, -0.2) is 0 Å². The average Bonchev–Trinajstić information content (AvgIpc) is 2.63. The molecule has 0 radical (unpaired) electrons. The van der Waals surface area contributed by atoms with Gasteiger partial charge < -0.3 is 10.2 Å². The summed E-state index contributed by atoms with van der Waals surface area (Å²) in [6, 6.07) is 16.6. The quantitative estimate of drug-likeness (QED) is 0.742. The molecule has 0 atom stereocenters. The van der Waals surface area contributed by atoms with E-state index in [0.29, 0.717) is 23.1 Å². The number of hydrogen-bond donors (Lipinski definition) is 1. The lowest BCUT2D eigenvalue weighted by Gasteiger charge is -2.21. The first-order chi connectivity index (χ1) is 12.1. The van der Waals surface area contributed by atoms with Crippen LogP contribution in [0.5, 0.6) is 0 Å². The van der Waals surface area contributed by atoms with E-state index in [2.05, 4.69) is 21.2 Å². The Balaban J connectivity index is 2.35. The number of amides is 2. The molecule has 2 amide bonds. The van der Waals surface area contributed by atoms with E-state index in [9.17, 15) is 9.59 Å². The number of carbonyl (C=O) groups is 2. The molecule has 0 heterocycles. The van der Waals surface area contributed by atoms with Crippen LogP contribution in [0.15, 0.2) is 64.8 Å². The zero-order valence-corrected chi connectivity index (χ0v) is 15.9. The van der Waals surface area contributed by atoms with Crippen molar-refractivity contribution in [2.75, 3.05) is 13.1 Å². The van der Waals surface area contributed by atoms with Crippen LogP contribution in [0.25, 0.3) is 6.08 Å². The molecule has 5 heteroatoms.